The number of nitriles is 1. The molecular weight excluding hydrogens is 272 g/mol. The van der Waals surface area contributed by atoms with Crippen molar-refractivity contribution in [2.45, 2.75) is 18.6 Å². The summed E-state index contributed by atoms with van der Waals surface area (Å²) in [4.78, 5) is 0. The van der Waals surface area contributed by atoms with Crippen LogP contribution in [0.1, 0.15) is 11.5 Å². The maximum Gasteiger partial charge on any atom is 0.176 e. The van der Waals surface area contributed by atoms with Crippen molar-refractivity contribution in [3.05, 3.63) is 78.6 Å². The van der Waals surface area contributed by atoms with Crippen LogP contribution in [0.3, 0.4) is 0 Å². The molecule has 0 aliphatic rings. The van der Waals surface area contributed by atoms with Crippen molar-refractivity contribution in [2.75, 3.05) is 0 Å². The van der Waals surface area contributed by atoms with Gasteiger partial charge in [-0.1, -0.05) is 48.5 Å². The normalized spacial score (nSPS) is 13.5. The van der Waals surface area contributed by atoms with Gasteiger partial charge in [0.25, 0.3) is 0 Å². The fourth-order valence-electron chi connectivity index (χ4n) is 2.66. The van der Waals surface area contributed by atoms with Gasteiger partial charge in [0.1, 0.15) is 12.0 Å². The third kappa shape index (κ3) is 2.98. The number of hydrogen-bond donors (Lipinski definition) is 1. The summed E-state index contributed by atoms with van der Waals surface area (Å²) >= 11 is 0. The molecule has 1 heterocycles. The highest BCUT2D eigenvalue weighted by atomic mass is 16.3. The molecule has 3 nitrogen and oxygen atoms in total. The largest absolute Gasteiger partial charge is 0.385 e. The van der Waals surface area contributed by atoms with Gasteiger partial charge in [0.2, 0.25) is 0 Å². The first-order chi connectivity index (χ1) is 10.8. The second-order valence-electron chi connectivity index (χ2n) is 5.36. The highest BCUT2D eigenvalue weighted by Crippen LogP contribution is 2.19. The molecule has 22 heavy (non-hydrogen) atoms. The minimum Gasteiger partial charge on any atom is -0.385 e. The lowest BCUT2D eigenvalue weighted by Crippen LogP contribution is -2.41. The molecule has 0 fully saturated rings. The van der Waals surface area contributed by atoms with Crippen LogP contribution in [0.4, 0.5) is 0 Å². The molecule has 0 bridgehead atoms. The number of rotatable bonds is 4. The van der Waals surface area contributed by atoms with E-state index in [-0.39, 0.29) is 0 Å². The minimum atomic E-state index is -0.751. The lowest BCUT2D eigenvalue weighted by Gasteiger charge is -2.14. The standard InChI is InChI=1S/C19H17N2O/c20-12-18(16-7-2-1-3-8-16)19(22)14-21-11-10-15-6-4-5-9-17(15)13-21/h1-11,13,18-19,22H,14H2/q+1. The lowest BCUT2D eigenvalue weighted by molar-refractivity contribution is -0.702. The van der Waals surface area contributed by atoms with Crippen LogP contribution < -0.4 is 4.57 Å². The highest BCUT2D eigenvalue weighted by molar-refractivity contribution is 5.80. The molecule has 2 atom stereocenters. The molecule has 0 spiro atoms. The molecule has 0 amide bonds. The third-order valence-electron chi connectivity index (χ3n) is 3.83. The molecule has 2 aromatic carbocycles. The van der Waals surface area contributed by atoms with Crippen molar-refractivity contribution in [1.29, 1.82) is 5.26 Å². The van der Waals surface area contributed by atoms with Crippen LogP contribution in [0.5, 0.6) is 0 Å². The first-order valence-electron chi connectivity index (χ1n) is 7.28. The van der Waals surface area contributed by atoms with E-state index in [2.05, 4.69) is 12.1 Å². The van der Waals surface area contributed by atoms with Gasteiger partial charge in [0.05, 0.1) is 6.07 Å². The maximum absolute atomic E-state index is 10.4. The van der Waals surface area contributed by atoms with Crippen molar-refractivity contribution >= 4 is 10.8 Å². The number of pyridine rings is 1. The molecular formula is C19H17N2O+. The van der Waals surface area contributed by atoms with Crippen LogP contribution in [0.25, 0.3) is 10.8 Å². The first kappa shape index (κ1) is 14.2. The quantitative estimate of drug-likeness (QED) is 0.751. The van der Waals surface area contributed by atoms with E-state index in [0.29, 0.717) is 6.54 Å². The van der Waals surface area contributed by atoms with Gasteiger partial charge in [-0.25, -0.2) is 4.57 Å². The van der Waals surface area contributed by atoms with E-state index in [0.717, 1.165) is 16.3 Å². The van der Waals surface area contributed by atoms with Gasteiger partial charge in [-0.3, -0.25) is 0 Å². The fourth-order valence-corrected chi connectivity index (χ4v) is 2.66. The molecule has 3 heteroatoms. The number of fused-ring (bicyclic) bond motifs is 1. The second kappa shape index (κ2) is 6.38. The highest BCUT2D eigenvalue weighted by Gasteiger charge is 2.24. The number of aliphatic hydroxyl groups excluding tert-OH is 1. The fraction of sp³-hybridized carbons (Fsp3) is 0.158. The van der Waals surface area contributed by atoms with Crippen molar-refractivity contribution in [1.82, 2.24) is 0 Å². The van der Waals surface area contributed by atoms with E-state index in [1.54, 1.807) is 0 Å². The summed E-state index contributed by atoms with van der Waals surface area (Å²) in [5, 5.41) is 22.1. The maximum atomic E-state index is 10.4. The Labute approximate surface area is 129 Å². The van der Waals surface area contributed by atoms with E-state index < -0.39 is 12.0 Å². The Bertz CT molecular complexity index is 808. The minimum absolute atomic E-state index is 0.387. The molecule has 2 unspecified atom stereocenters. The molecule has 3 rings (SSSR count). The van der Waals surface area contributed by atoms with Gasteiger partial charge in [-0.2, -0.15) is 5.26 Å². The number of nitrogens with zero attached hydrogens (tertiary/aromatic N) is 2. The molecule has 1 aromatic heterocycles. The predicted octanol–water partition coefficient (Wildman–Crippen LogP) is 2.80. The second-order valence-corrected chi connectivity index (χ2v) is 5.36. The summed E-state index contributed by atoms with van der Waals surface area (Å²) in [6, 6.07) is 21.7. The van der Waals surface area contributed by atoms with Crippen molar-refractivity contribution in [3.8, 4) is 6.07 Å². The number of benzene rings is 2. The molecule has 0 saturated heterocycles. The summed E-state index contributed by atoms with van der Waals surface area (Å²) in [5.74, 6) is -0.528. The molecule has 3 aromatic rings. The van der Waals surface area contributed by atoms with Gasteiger partial charge < -0.3 is 5.11 Å². The Morgan fingerprint density at radius 3 is 2.36 bits per heavy atom. The van der Waals surface area contributed by atoms with Crippen molar-refractivity contribution in [2.24, 2.45) is 0 Å². The van der Waals surface area contributed by atoms with Crippen LogP contribution in [0, 0.1) is 11.3 Å². The van der Waals surface area contributed by atoms with E-state index in [9.17, 15) is 10.4 Å². The molecule has 0 aliphatic carbocycles. The summed E-state index contributed by atoms with van der Waals surface area (Å²) in [6.45, 7) is 0.387. The Morgan fingerprint density at radius 2 is 1.64 bits per heavy atom. The summed E-state index contributed by atoms with van der Waals surface area (Å²) < 4.78 is 1.93. The Hall–Kier alpha value is -2.70. The van der Waals surface area contributed by atoms with E-state index in [4.69, 9.17) is 0 Å². The SMILES string of the molecule is N#CC(c1ccccc1)C(O)C[n+]1ccc2ccccc2c1. The Balaban J connectivity index is 1.82. The first-order valence-corrected chi connectivity index (χ1v) is 7.28. The smallest absolute Gasteiger partial charge is 0.176 e. The summed E-state index contributed by atoms with van der Waals surface area (Å²) in [5.41, 5.74) is 0.846. The lowest BCUT2D eigenvalue weighted by atomic mass is 9.95. The molecule has 0 saturated carbocycles. The average Bonchev–Trinajstić information content (AvgIpc) is 2.56. The van der Waals surface area contributed by atoms with E-state index in [1.165, 1.54) is 0 Å². The topological polar surface area (TPSA) is 47.9 Å². The van der Waals surface area contributed by atoms with Crippen LogP contribution in [0.15, 0.2) is 73.1 Å². The monoisotopic (exact) mass is 289 g/mol. The number of hydrogen-bond acceptors (Lipinski definition) is 2. The predicted molar refractivity (Wildman–Crippen MR) is 84.9 cm³/mol. The van der Waals surface area contributed by atoms with Crippen LogP contribution in [-0.4, -0.2) is 11.2 Å². The number of aliphatic hydroxyl groups is 1. The molecule has 0 aliphatic heterocycles. The van der Waals surface area contributed by atoms with Crippen molar-refractivity contribution in [3.63, 3.8) is 0 Å². The van der Waals surface area contributed by atoms with Crippen LogP contribution in [0.2, 0.25) is 0 Å². The van der Waals surface area contributed by atoms with Crippen molar-refractivity contribution < 1.29 is 9.67 Å². The average molecular weight is 289 g/mol. The Kier molecular flexibility index (Phi) is 4.13. The zero-order chi connectivity index (χ0) is 15.4. The molecule has 1 N–H and O–H groups in total. The Morgan fingerprint density at radius 1 is 0.955 bits per heavy atom. The van der Waals surface area contributed by atoms with Gasteiger partial charge >= 0.3 is 0 Å². The zero-order valence-electron chi connectivity index (χ0n) is 12.1. The third-order valence-corrected chi connectivity index (χ3v) is 3.83. The zero-order valence-corrected chi connectivity index (χ0v) is 12.1. The van der Waals surface area contributed by atoms with Gasteiger partial charge in [0.15, 0.2) is 18.9 Å². The van der Waals surface area contributed by atoms with E-state index >= 15 is 0 Å². The van der Waals surface area contributed by atoms with Gasteiger partial charge in [0, 0.05) is 11.5 Å². The van der Waals surface area contributed by atoms with Crippen LogP contribution in [-0.2, 0) is 6.54 Å². The van der Waals surface area contributed by atoms with Gasteiger partial charge in [-0.15, -0.1) is 0 Å². The van der Waals surface area contributed by atoms with E-state index in [1.807, 2.05) is 71.6 Å². The summed E-state index contributed by atoms with van der Waals surface area (Å²) in [7, 11) is 0. The molecule has 0 radical (unpaired) electrons. The van der Waals surface area contributed by atoms with Gasteiger partial charge in [-0.05, 0) is 17.0 Å². The molecule has 108 valence electrons. The van der Waals surface area contributed by atoms with Crippen LogP contribution >= 0.6 is 0 Å². The number of aromatic nitrogens is 1. The summed E-state index contributed by atoms with van der Waals surface area (Å²) in [6.07, 6.45) is 3.18.